The van der Waals surface area contributed by atoms with Gasteiger partial charge in [-0.1, -0.05) is 23.7 Å². The fourth-order valence-corrected chi connectivity index (χ4v) is 2.45. The molecule has 1 aliphatic rings. The minimum atomic E-state index is 0.197. The Morgan fingerprint density at radius 3 is 2.56 bits per heavy atom. The van der Waals surface area contributed by atoms with Crippen LogP contribution in [0.2, 0.25) is 5.02 Å². The topological polar surface area (TPSA) is 53.0 Å². The van der Waals surface area contributed by atoms with Crippen molar-refractivity contribution in [3.8, 4) is 6.07 Å². The Balaban J connectivity index is 2.14. The van der Waals surface area contributed by atoms with E-state index < -0.39 is 0 Å². The predicted molar refractivity (Wildman–Crippen MR) is 73.2 cm³/mol. The lowest BCUT2D eigenvalue weighted by atomic mass is 10.0. The largest absolute Gasteiger partial charge is 0.329 e. The van der Waals surface area contributed by atoms with E-state index in [0.29, 0.717) is 19.0 Å². The zero-order valence-electron chi connectivity index (χ0n) is 10.3. The highest BCUT2D eigenvalue weighted by Crippen LogP contribution is 2.34. The van der Waals surface area contributed by atoms with E-state index in [1.54, 1.807) is 0 Å². The van der Waals surface area contributed by atoms with Gasteiger partial charge in [-0.2, -0.15) is 5.26 Å². The third-order valence-corrected chi connectivity index (χ3v) is 3.63. The van der Waals surface area contributed by atoms with Gasteiger partial charge in [0.05, 0.1) is 6.07 Å². The average Bonchev–Trinajstić information content (AvgIpc) is 3.20. The van der Waals surface area contributed by atoms with Crippen molar-refractivity contribution in [3.05, 3.63) is 34.9 Å². The number of benzene rings is 1. The summed E-state index contributed by atoms with van der Waals surface area (Å²) in [6.45, 7) is 1.37. The summed E-state index contributed by atoms with van der Waals surface area (Å²) in [7, 11) is 0. The van der Waals surface area contributed by atoms with Gasteiger partial charge >= 0.3 is 0 Å². The summed E-state index contributed by atoms with van der Waals surface area (Å²) in [5.74, 6) is 0. The van der Waals surface area contributed by atoms with Crippen LogP contribution in [-0.4, -0.2) is 24.0 Å². The van der Waals surface area contributed by atoms with Gasteiger partial charge in [-0.05, 0) is 30.5 Å². The summed E-state index contributed by atoms with van der Waals surface area (Å²) >= 11 is 5.91. The van der Waals surface area contributed by atoms with E-state index in [9.17, 15) is 0 Å². The molecule has 2 rings (SSSR count). The van der Waals surface area contributed by atoms with Gasteiger partial charge in [0.15, 0.2) is 0 Å². The molecule has 4 heteroatoms. The SMILES string of the molecule is N#CCCN(C1CC1)C(CN)c1ccc(Cl)cc1. The lowest BCUT2D eigenvalue weighted by molar-refractivity contribution is 0.195. The molecule has 1 aliphatic carbocycles. The molecule has 18 heavy (non-hydrogen) atoms. The standard InChI is InChI=1S/C14H18ClN3/c15-12-4-2-11(3-5-12)14(10-17)18(9-1-8-16)13-6-7-13/h2-5,13-14H,1,6-7,9-10,17H2. The molecular formula is C14H18ClN3. The number of nitrogens with zero attached hydrogens (tertiary/aromatic N) is 2. The van der Waals surface area contributed by atoms with Crippen LogP contribution < -0.4 is 5.73 Å². The van der Waals surface area contributed by atoms with Gasteiger partial charge in [0.2, 0.25) is 0 Å². The van der Waals surface area contributed by atoms with Crippen LogP contribution in [0.15, 0.2) is 24.3 Å². The maximum atomic E-state index is 8.75. The van der Waals surface area contributed by atoms with Crippen molar-refractivity contribution in [1.82, 2.24) is 4.90 Å². The van der Waals surface area contributed by atoms with E-state index in [-0.39, 0.29) is 6.04 Å². The van der Waals surface area contributed by atoms with Crippen LogP contribution in [0.1, 0.15) is 30.9 Å². The molecule has 3 nitrogen and oxygen atoms in total. The molecule has 0 heterocycles. The van der Waals surface area contributed by atoms with Gasteiger partial charge in [-0.15, -0.1) is 0 Å². The zero-order valence-corrected chi connectivity index (χ0v) is 11.1. The first-order valence-corrected chi connectivity index (χ1v) is 6.72. The molecule has 2 N–H and O–H groups in total. The normalized spacial score (nSPS) is 16.6. The molecule has 0 spiro atoms. The number of halogens is 1. The number of nitriles is 1. The van der Waals surface area contributed by atoms with Crippen molar-refractivity contribution in [3.63, 3.8) is 0 Å². The number of hydrogen-bond acceptors (Lipinski definition) is 3. The molecule has 0 aromatic heterocycles. The molecule has 1 fully saturated rings. The molecule has 0 saturated heterocycles. The quantitative estimate of drug-likeness (QED) is 0.859. The molecule has 96 valence electrons. The molecular weight excluding hydrogens is 246 g/mol. The van der Waals surface area contributed by atoms with Crippen molar-refractivity contribution in [1.29, 1.82) is 5.26 Å². The van der Waals surface area contributed by atoms with Crippen LogP contribution in [0, 0.1) is 11.3 Å². The van der Waals surface area contributed by atoms with E-state index in [4.69, 9.17) is 22.6 Å². The third kappa shape index (κ3) is 3.23. The van der Waals surface area contributed by atoms with Gasteiger partial charge in [0, 0.05) is 36.6 Å². The smallest absolute Gasteiger partial charge is 0.0635 e. The Kier molecular flexibility index (Phi) is 4.60. The molecule has 0 amide bonds. The summed E-state index contributed by atoms with van der Waals surface area (Å²) in [6, 6.07) is 10.9. The van der Waals surface area contributed by atoms with Gasteiger partial charge in [0.1, 0.15) is 0 Å². The summed E-state index contributed by atoms with van der Waals surface area (Å²) < 4.78 is 0. The number of nitrogens with two attached hydrogens (primary N) is 1. The zero-order chi connectivity index (χ0) is 13.0. The first kappa shape index (κ1) is 13.4. The number of rotatable bonds is 6. The van der Waals surface area contributed by atoms with Crippen molar-refractivity contribution >= 4 is 11.6 Å². The fourth-order valence-electron chi connectivity index (χ4n) is 2.33. The molecule has 1 aromatic carbocycles. The summed E-state index contributed by atoms with van der Waals surface area (Å²) in [5.41, 5.74) is 7.11. The van der Waals surface area contributed by atoms with Crippen LogP contribution in [0.5, 0.6) is 0 Å². The van der Waals surface area contributed by atoms with E-state index in [1.165, 1.54) is 18.4 Å². The molecule has 1 atom stereocenters. The van der Waals surface area contributed by atoms with Crippen molar-refractivity contribution < 1.29 is 0 Å². The molecule has 0 radical (unpaired) electrons. The van der Waals surface area contributed by atoms with Crippen LogP contribution in [0.3, 0.4) is 0 Å². The summed E-state index contributed by atoms with van der Waals surface area (Å²) in [4.78, 5) is 2.37. The Morgan fingerprint density at radius 1 is 1.39 bits per heavy atom. The van der Waals surface area contributed by atoms with Crippen LogP contribution in [-0.2, 0) is 0 Å². The second-order valence-electron chi connectivity index (χ2n) is 4.68. The first-order valence-electron chi connectivity index (χ1n) is 6.34. The van der Waals surface area contributed by atoms with Crippen molar-refractivity contribution in [2.45, 2.75) is 31.3 Å². The van der Waals surface area contributed by atoms with E-state index in [1.807, 2.05) is 24.3 Å². The molecule has 1 saturated carbocycles. The minimum Gasteiger partial charge on any atom is -0.329 e. The Morgan fingerprint density at radius 2 is 2.06 bits per heavy atom. The second kappa shape index (κ2) is 6.19. The lowest BCUT2D eigenvalue weighted by Gasteiger charge is -2.30. The van der Waals surface area contributed by atoms with E-state index in [0.717, 1.165) is 11.6 Å². The van der Waals surface area contributed by atoms with Gasteiger partial charge in [-0.25, -0.2) is 0 Å². The van der Waals surface area contributed by atoms with Crippen LogP contribution >= 0.6 is 11.6 Å². The highest BCUT2D eigenvalue weighted by molar-refractivity contribution is 6.30. The summed E-state index contributed by atoms with van der Waals surface area (Å²) in [5, 5.41) is 9.49. The maximum Gasteiger partial charge on any atom is 0.0635 e. The highest BCUT2D eigenvalue weighted by Gasteiger charge is 2.33. The first-order chi connectivity index (χ1) is 8.76. The van der Waals surface area contributed by atoms with Crippen LogP contribution in [0.4, 0.5) is 0 Å². The Labute approximate surface area is 113 Å². The van der Waals surface area contributed by atoms with Gasteiger partial charge in [0.25, 0.3) is 0 Å². The maximum absolute atomic E-state index is 8.75. The van der Waals surface area contributed by atoms with Gasteiger partial charge < -0.3 is 5.73 Å². The highest BCUT2D eigenvalue weighted by atomic mass is 35.5. The molecule has 1 unspecified atom stereocenters. The monoisotopic (exact) mass is 263 g/mol. The van der Waals surface area contributed by atoms with Crippen LogP contribution in [0.25, 0.3) is 0 Å². The Bertz CT molecular complexity index is 420. The minimum absolute atomic E-state index is 0.197. The van der Waals surface area contributed by atoms with E-state index >= 15 is 0 Å². The molecule has 0 aliphatic heterocycles. The lowest BCUT2D eigenvalue weighted by Crippen LogP contribution is -2.36. The number of hydrogen-bond donors (Lipinski definition) is 1. The van der Waals surface area contributed by atoms with E-state index in [2.05, 4.69) is 11.0 Å². The third-order valence-electron chi connectivity index (χ3n) is 3.38. The predicted octanol–water partition coefficient (Wildman–Crippen LogP) is 2.72. The Hall–Kier alpha value is -1.08. The fraction of sp³-hybridized carbons (Fsp3) is 0.500. The second-order valence-corrected chi connectivity index (χ2v) is 5.12. The molecule has 0 bridgehead atoms. The van der Waals surface area contributed by atoms with Crippen molar-refractivity contribution in [2.24, 2.45) is 5.73 Å². The summed E-state index contributed by atoms with van der Waals surface area (Å²) in [6.07, 6.45) is 2.99. The van der Waals surface area contributed by atoms with Gasteiger partial charge in [-0.3, -0.25) is 4.90 Å². The average molecular weight is 264 g/mol. The van der Waals surface area contributed by atoms with Crippen molar-refractivity contribution in [2.75, 3.05) is 13.1 Å². The molecule has 1 aromatic rings.